The van der Waals surface area contributed by atoms with Gasteiger partial charge in [0, 0.05) is 18.2 Å². The summed E-state index contributed by atoms with van der Waals surface area (Å²) in [6.07, 6.45) is -0.817. The lowest BCUT2D eigenvalue weighted by atomic mass is 9.95. The van der Waals surface area contributed by atoms with E-state index < -0.39 is 23.0 Å². The first-order valence-electron chi connectivity index (χ1n) is 10.6. The highest BCUT2D eigenvalue weighted by Gasteiger charge is 2.51. The van der Waals surface area contributed by atoms with Crippen molar-refractivity contribution < 1.29 is 27.2 Å². The van der Waals surface area contributed by atoms with Crippen molar-refractivity contribution in [3.63, 3.8) is 0 Å². The zero-order valence-corrected chi connectivity index (χ0v) is 18.9. The molecule has 1 fully saturated rings. The molecule has 1 aliphatic rings. The third-order valence-electron chi connectivity index (χ3n) is 5.70. The van der Waals surface area contributed by atoms with Crippen LogP contribution >= 0.6 is 11.6 Å². The average molecular weight is 507 g/mol. The average Bonchev–Trinajstić information content (AvgIpc) is 3.60. The van der Waals surface area contributed by atoms with Gasteiger partial charge in [-0.2, -0.15) is 13.2 Å². The van der Waals surface area contributed by atoms with Crippen LogP contribution in [0.5, 0.6) is 0 Å². The van der Waals surface area contributed by atoms with E-state index in [4.69, 9.17) is 11.6 Å². The predicted molar refractivity (Wildman–Crippen MR) is 121 cm³/mol. The molecule has 35 heavy (non-hydrogen) atoms. The fourth-order valence-corrected chi connectivity index (χ4v) is 3.67. The Morgan fingerprint density at radius 3 is 2.40 bits per heavy atom. The molecular weight excluding hydrogens is 488 g/mol. The molecule has 0 bridgehead atoms. The Labute approximate surface area is 202 Å². The maximum atomic E-state index is 13.3. The topological polar surface area (TPSA) is 84.0 Å². The largest absolute Gasteiger partial charge is 0.418 e. The molecule has 182 valence electrons. The Morgan fingerprint density at radius 2 is 1.80 bits per heavy atom. The molecular formula is C24H19ClF4N4O2. The predicted octanol–water partition coefficient (Wildman–Crippen LogP) is 5.70. The van der Waals surface area contributed by atoms with Crippen LogP contribution < -0.4 is 10.6 Å². The molecule has 1 amide bonds. The number of carbonyl (C=O) groups is 2. The number of nitrogens with one attached hydrogen (secondary N) is 2. The second-order valence-electron chi connectivity index (χ2n) is 8.28. The van der Waals surface area contributed by atoms with Crippen molar-refractivity contribution in [3.8, 4) is 0 Å². The highest BCUT2D eigenvalue weighted by atomic mass is 35.5. The van der Waals surface area contributed by atoms with Crippen molar-refractivity contribution in [2.75, 3.05) is 5.32 Å². The van der Waals surface area contributed by atoms with Gasteiger partial charge in [0.05, 0.1) is 40.8 Å². The molecule has 2 N–H and O–H groups in total. The zero-order valence-electron chi connectivity index (χ0n) is 18.1. The Morgan fingerprint density at radius 1 is 1.03 bits per heavy atom. The van der Waals surface area contributed by atoms with Crippen molar-refractivity contribution in [2.45, 2.75) is 32.0 Å². The summed E-state index contributed by atoms with van der Waals surface area (Å²) in [5.41, 5.74) is -1.09. The molecule has 0 radical (unpaired) electrons. The molecule has 1 aliphatic carbocycles. The summed E-state index contributed by atoms with van der Waals surface area (Å²) in [5, 5.41) is 5.63. The maximum absolute atomic E-state index is 13.3. The second kappa shape index (κ2) is 9.61. The van der Waals surface area contributed by atoms with E-state index in [1.165, 1.54) is 24.5 Å². The first kappa shape index (κ1) is 24.6. The minimum atomic E-state index is -4.73. The number of alkyl halides is 3. The van der Waals surface area contributed by atoms with Crippen LogP contribution in [0.25, 0.3) is 0 Å². The summed E-state index contributed by atoms with van der Waals surface area (Å²) in [7, 11) is 0. The van der Waals surface area contributed by atoms with Gasteiger partial charge in [-0.05, 0) is 55.3 Å². The third-order valence-corrected chi connectivity index (χ3v) is 5.93. The van der Waals surface area contributed by atoms with Gasteiger partial charge in [0.25, 0.3) is 0 Å². The molecule has 2 heterocycles. The first-order valence-corrected chi connectivity index (χ1v) is 11.0. The van der Waals surface area contributed by atoms with E-state index in [1.807, 2.05) is 0 Å². The number of Topliss-reactive ketones (excluding diaryl/α,β-unsaturated/α-hetero) is 1. The van der Waals surface area contributed by atoms with E-state index in [1.54, 1.807) is 12.1 Å². The fourth-order valence-electron chi connectivity index (χ4n) is 3.56. The molecule has 0 saturated heterocycles. The van der Waals surface area contributed by atoms with Crippen LogP contribution in [0.3, 0.4) is 0 Å². The summed E-state index contributed by atoms with van der Waals surface area (Å²) in [6, 6.07) is 8.47. The molecule has 4 rings (SSSR count). The zero-order chi connectivity index (χ0) is 25.2. The number of nitrogens with zero attached hydrogens (tertiary/aromatic N) is 2. The van der Waals surface area contributed by atoms with Crippen molar-refractivity contribution in [3.05, 3.63) is 82.6 Å². The van der Waals surface area contributed by atoms with E-state index in [-0.39, 0.29) is 41.2 Å². The van der Waals surface area contributed by atoms with Crippen LogP contribution in [0.2, 0.25) is 5.15 Å². The minimum absolute atomic E-state index is 0.0532. The highest BCUT2D eigenvalue weighted by molar-refractivity contribution is 6.29. The third kappa shape index (κ3) is 5.94. The van der Waals surface area contributed by atoms with E-state index >= 15 is 0 Å². The van der Waals surface area contributed by atoms with Crippen molar-refractivity contribution in [1.29, 1.82) is 0 Å². The van der Waals surface area contributed by atoms with Crippen molar-refractivity contribution in [1.82, 2.24) is 15.3 Å². The van der Waals surface area contributed by atoms with Gasteiger partial charge >= 0.3 is 6.18 Å². The van der Waals surface area contributed by atoms with Crippen LogP contribution in [0.1, 0.15) is 40.9 Å². The molecule has 0 aliphatic heterocycles. The normalized spacial score (nSPS) is 14.3. The van der Waals surface area contributed by atoms with Gasteiger partial charge in [0.15, 0.2) is 5.78 Å². The number of benzene rings is 1. The number of aromatic nitrogens is 2. The Bertz CT molecular complexity index is 1240. The van der Waals surface area contributed by atoms with Gasteiger partial charge < -0.3 is 10.6 Å². The lowest BCUT2D eigenvalue weighted by Crippen LogP contribution is -2.33. The van der Waals surface area contributed by atoms with Crippen LogP contribution in [0, 0.1) is 11.2 Å². The SMILES string of the molecule is O=C(CC1(C(=O)NCc2ccc(Nc3ccc(F)cc3C(F)(F)F)cn2)CC1)c1ccc(Cl)nc1. The number of carbonyl (C=O) groups excluding carboxylic acids is 2. The monoisotopic (exact) mass is 506 g/mol. The molecule has 0 unspecified atom stereocenters. The van der Waals surface area contributed by atoms with E-state index in [2.05, 4.69) is 20.6 Å². The van der Waals surface area contributed by atoms with Crippen molar-refractivity contribution in [2.24, 2.45) is 5.41 Å². The Balaban J connectivity index is 1.34. The van der Waals surface area contributed by atoms with Crippen LogP contribution in [0.15, 0.2) is 54.9 Å². The van der Waals surface area contributed by atoms with Crippen LogP contribution in [0.4, 0.5) is 28.9 Å². The number of amides is 1. The number of pyridine rings is 2. The number of hydrogen-bond donors (Lipinski definition) is 2. The smallest absolute Gasteiger partial charge is 0.354 e. The highest BCUT2D eigenvalue weighted by Crippen LogP contribution is 2.49. The van der Waals surface area contributed by atoms with Gasteiger partial charge in [0.2, 0.25) is 5.91 Å². The van der Waals surface area contributed by atoms with E-state index in [0.717, 1.165) is 12.1 Å². The molecule has 6 nitrogen and oxygen atoms in total. The molecule has 1 aromatic carbocycles. The van der Waals surface area contributed by atoms with Crippen LogP contribution in [-0.4, -0.2) is 21.7 Å². The minimum Gasteiger partial charge on any atom is -0.354 e. The molecule has 11 heteroatoms. The Hall–Kier alpha value is -3.53. The molecule has 0 spiro atoms. The molecule has 1 saturated carbocycles. The summed E-state index contributed by atoms with van der Waals surface area (Å²) in [4.78, 5) is 33.3. The molecule has 3 aromatic rings. The summed E-state index contributed by atoms with van der Waals surface area (Å²) in [5.74, 6) is -1.46. The van der Waals surface area contributed by atoms with Gasteiger partial charge in [-0.25, -0.2) is 9.37 Å². The first-order chi connectivity index (χ1) is 16.6. The number of anilines is 2. The fraction of sp³-hybridized carbons (Fsp3) is 0.250. The van der Waals surface area contributed by atoms with E-state index in [0.29, 0.717) is 30.2 Å². The van der Waals surface area contributed by atoms with Crippen LogP contribution in [-0.2, 0) is 17.5 Å². The number of ketones is 1. The lowest BCUT2D eigenvalue weighted by Gasteiger charge is -2.16. The van der Waals surface area contributed by atoms with Gasteiger partial charge in [0.1, 0.15) is 11.0 Å². The molecule has 0 atom stereocenters. The molecule has 2 aromatic heterocycles. The number of halogens is 5. The van der Waals surface area contributed by atoms with Gasteiger partial charge in [-0.1, -0.05) is 11.6 Å². The summed E-state index contributed by atoms with van der Waals surface area (Å²) < 4.78 is 52.8. The second-order valence-corrected chi connectivity index (χ2v) is 8.67. The van der Waals surface area contributed by atoms with Crippen molar-refractivity contribution >= 4 is 34.7 Å². The lowest BCUT2D eigenvalue weighted by molar-refractivity contribution is -0.137. The van der Waals surface area contributed by atoms with Gasteiger partial charge in [-0.3, -0.25) is 14.6 Å². The Kier molecular flexibility index (Phi) is 6.75. The summed E-state index contributed by atoms with van der Waals surface area (Å²) in [6.45, 7) is 0.0852. The number of hydrogen-bond acceptors (Lipinski definition) is 5. The quantitative estimate of drug-likeness (QED) is 0.232. The number of rotatable bonds is 8. The summed E-state index contributed by atoms with van der Waals surface area (Å²) >= 11 is 5.74. The standard InChI is InChI=1S/C24H19ClF4N4O2/c25-21-6-1-14(11-31-21)20(34)10-23(7-8-23)22(35)32-12-16-3-4-17(13-30-16)33-19-5-2-15(26)9-18(19)24(27,28)29/h1-6,9,11,13,33H,7-8,10,12H2,(H,32,35). The maximum Gasteiger partial charge on any atom is 0.418 e. The van der Waals surface area contributed by atoms with E-state index in [9.17, 15) is 27.2 Å². The van der Waals surface area contributed by atoms with Gasteiger partial charge in [-0.15, -0.1) is 0 Å².